The average molecular weight is 294 g/mol. The normalized spacial score (nSPS) is 16.2. The molecular weight excluding hydrogens is 276 g/mol. The van der Waals surface area contributed by atoms with E-state index < -0.39 is 0 Å². The van der Waals surface area contributed by atoms with Crippen molar-refractivity contribution in [2.75, 3.05) is 18.1 Å². The van der Waals surface area contributed by atoms with Gasteiger partial charge in [0.15, 0.2) is 5.69 Å². The lowest BCUT2D eigenvalue weighted by Crippen LogP contribution is -2.22. The van der Waals surface area contributed by atoms with Crippen LogP contribution in [-0.4, -0.2) is 24.1 Å². The van der Waals surface area contributed by atoms with Crippen LogP contribution in [-0.2, 0) is 24.1 Å². The molecule has 0 saturated heterocycles. The van der Waals surface area contributed by atoms with Gasteiger partial charge in [0, 0.05) is 19.5 Å². The molecule has 1 aromatic carbocycles. The summed E-state index contributed by atoms with van der Waals surface area (Å²) in [7, 11) is 0. The molecule has 0 bridgehead atoms. The summed E-state index contributed by atoms with van der Waals surface area (Å²) in [6, 6.07) is 8.65. The van der Waals surface area contributed by atoms with Gasteiger partial charge in [0.2, 0.25) is 0 Å². The van der Waals surface area contributed by atoms with E-state index in [2.05, 4.69) is 41.1 Å². The molecule has 0 amide bonds. The number of carbonyl (C=O) groups excluding carboxylic acids is 1. The van der Waals surface area contributed by atoms with Crippen LogP contribution in [0.25, 0.3) is 0 Å². The van der Waals surface area contributed by atoms with E-state index in [1.165, 1.54) is 22.4 Å². The molecule has 2 aliphatic heterocycles. The molecule has 0 fully saturated rings. The number of benzene rings is 1. The number of esters is 1. The van der Waals surface area contributed by atoms with Gasteiger partial charge in [0.1, 0.15) is 0 Å². The monoisotopic (exact) mass is 294 g/mol. The summed E-state index contributed by atoms with van der Waals surface area (Å²) in [5.41, 5.74) is 6.65. The molecule has 1 aromatic heterocycles. The third-order valence-electron chi connectivity index (χ3n) is 4.52. The minimum absolute atomic E-state index is 0.277. The summed E-state index contributed by atoms with van der Waals surface area (Å²) in [6.07, 6.45) is 3.61. The second-order valence-electron chi connectivity index (χ2n) is 5.99. The van der Waals surface area contributed by atoms with Crippen molar-refractivity contribution in [3.63, 3.8) is 0 Å². The number of pyridine rings is 1. The summed E-state index contributed by atoms with van der Waals surface area (Å²) >= 11 is 0. The van der Waals surface area contributed by atoms with E-state index in [9.17, 15) is 4.79 Å². The second-order valence-corrected chi connectivity index (χ2v) is 5.99. The summed E-state index contributed by atoms with van der Waals surface area (Å²) in [5.74, 6) is -0.277. The fraction of sp³-hybridized carbons (Fsp3) is 0.333. The number of hydrogen-bond acceptors (Lipinski definition) is 4. The lowest BCUT2D eigenvalue weighted by molar-refractivity contribution is 0.0471. The van der Waals surface area contributed by atoms with Crippen LogP contribution in [0.15, 0.2) is 30.5 Å². The van der Waals surface area contributed by atoms with Gasteiger partial charge < -0.3 is 9.64 Å². The highest BCUT2D eigenvalue weighted by molar-refractivity contribution is 5.91. The number of anilines is 1. The predicted molar refractivity (Wildman–Crippen MR) is 84.2 cm³/mol. The first kappa shape index (κ1) is 13.3. The minimum atomic E-state index is -0.277. The maximum atomic E-state index is 11.8. The molecule has 2 aliphatic rings. The highest BCUT2D eigenvalue weighted by Crippen LogP contribution is 2.34. The van der Waals surface area contributed by atoms with E-state index >= 15 is 0 Å². The van der Waals surface area contributed by atoms with Gasteiger partial charge in [0.05, 0.1) is 18.5 Å². The van der Waals surface area contributed by atoms with Crippen LogP contribution in [0.3, 0.4) is 0 Å². The van der Waals surface area contributed by atoms with Gasteiger partial charge in [-0.25, -0.2) is 9.78 Å². The van der Waals surface area contributed by atoms with Gasteiger partial charge in [-0.15, -0.1) is 0 Å². The Labute approximate surface area is 129 Å². The number of aryl methyl sites for hydroxylation is 1. The van der Waals surface area contributed by atoms with Gasteiger partial charge in [0.25, 0.3) is 0 Å². The Morgan fingerprint density at radius 1 is 1.18 bits per heavy atom. The van der Waals surface area contributed by atoms with Crippen molar-refractivity contribution in [2.45, 2.75) is 26.3 Å². The maximum Gasteiger partial charge on any atom is 0.357 e. The summed E-state index contributed by atoms with van der Waals surface area (Å²) < 4.78 is 5.08. The molecule has 0 spiro atoms. The van der Waals surface area contributed by atoms with Gasteiger partial charge in [-0.2, -0.15) is 0 Å². The Hall–Kier alpha value is -2.36. The number of nitrogens with zero attached hydrogens (tertiary/aromatic N) is 2. The van der Waals surface area contributed by atoms with Crippen molar-refractivity contribution in [1.29, 1.82) is 0 Å². The quantitative estimate of drug-likeness (QED) is 0.799. The van der Waals surface area contributed by atoms with Crippen molar-refractivity contribution < 1.29 is 9.53 Å². The number of fused-ring (bicyclic) bond motifs is 3. The van der Waals surface area contributed by atoms with Gasteiger partial charge in [-0.05, 0) is 30.0 Å². The second kappa shape index (κ2) is 5.13. The first-order chi connectivity index (χ1) is 10.7. The molecule has 112 valence electrons. The van der Waals surface area contributed by atoms with Crippen molar-refractivity contribution in [3.8, 4) is 0 Å². The highest BCUT2D eigenvalue weighted by Gasteiger charge is 2.29. The third kappa shape index (κ3) is 2.15. The molecule has 0 aliphatic carbocycles. The zero-order valence-electron chi connectivity index (χ0n) is 12.6. The number of ether oxygens (including phenoxy) is 1. The lowest BCUT2D eigenvalue weighted by Gasteiger charge is -2.21. The standard InChI is InChI=1S/C18H18N2O2/c1-12-2-4-13(5-3-12)11-20-8-6-14-15-7-9-22-18(21)17(15)19-10-16(14)20/h2-5,10H,6-9,11H2,1H3. The molecule has 4 heteroatoms. The minimum Gasteiger partial charge on any atom is -0.461 e. The summed E-state index contributed by atoms with van der Waals surface area (Å²) in [4.78, 5) is 18.5. The van der Waals surface area contributed by atoms with E-state index in [-0.39, 0.29) is 5.97 Å². The van der Waals surface area contributed by atoms with Gasteiger partial charge in [-0.1, -0.05) is 29.8 Å². The summed E-state index contributed by atoms with van der Waals surface area (Å²) in [6.45, 7) is 4.45. The van der Waals surface area contributed by atoms with Crippen LogP contribution in [0, 0.1) is 6.92 Å². The number of carbonyl (C=O) groups is 1. The molecule has 4 nitrogen and oxygen atoms in total. The fourth-order valence-corrected chi connectivity index (χ4v) is 3.34. The van der Waals surface area contributed by atoms with Crippen LogP contribution in [0.2, 0.25) is 0 Å². The largest absolute Gasteiger partial charge is 0.461 e. The van der Waals surface area contributed by atoms with Crippen LogP contribution >= 0.6 is 0 Å². The molecule has 4 rings (SSSR count). The highest BCUT2D eigenvalue weighted by atomic mass is 16.5. The van der Waals surface area contributed by atoms with Crippen LogP contribution in [0.5, 0.6) is 0 Å². The topological polar surface area (TPSA) is 42.4 Å². The van der Waals surface area contributed by atoms with Crippen molar-refractivity contribution in [2.24, 2.45) is 0 Å². The SMILES string of the molecule is Cc1ccc(CN2CCc3c2cnc2c3CCOC2=O)cc1. The lowest BCUT2D eigenvalue weighted by atomic mass is 10.00. The van der Waals surface area contributed by atoms with Crippen LogP contribution < -0.4 is 4.90 Å². The Bertz CT molecular complexity index is 737. The molecular formula is C18H18N2O2. The zero-order valence-corrected chi connectivity index (χ0v) is 12.6. The van der Waals surface area contributed by atoms with E-state index in [4.69, 9.17) is 4.74 Å². The van der Waals surface area contributed by atoms with Crippen molar-refractivity contribution in [1.82, 2.24) is 4.98 Å². The van der Waals surface area contributed by atoms with Crippen molar-refractivity contribution in [3.05, 3.63) is 58.4 Å². The Kier molecular flexibility index (Phi) is 3.10. The molecule has 22 heavy (non-hydrogen) atoms. The molecule has 0 saturated carbocycles. The van der Waals surface area contributed by atoms with Crippen LogP contribution in [0.4, 0.5) is 5.69 Å². The fourth-order valence-electron chi connectivity index (χ4n) is 3.34. The maximum absolute atomic E-state index is 11.8. The average Bonchev–Trinajstić information content (AvgIpc) is 2.93. The van der Waals surface area contributed by atoms with Crippen molar-refractivity contribution >= 4 is 11.7 Å². The van der Waals surface area contributed by atoms with E-state index in [0.29, 0.717) is 12.3 Å². The number of hydrogen-bond donors (Lipinski definition) is 0. The smallest absolute Gasteiger partial charge is 0.357 e. The first-order valence-corrected chi connectivity index (χ1v) is 7.71. The molecule has 0 N–H and O–H groups in total. The summed E-state index contributed by atoms with van der Waals surface area (Å²) in [5, 5.41) is 0. The Morgan fingerprint density at radius 2 is 2.00 bits per heavy atom. The number of rotatable bonds is 2. The third-order valence-corrected chi connectivity index (χ3v) is 4.52. The predicted octanol–water partition coefficient (Wildman–Crippen LogP) is 2.67. The number of cyclic esters (lactones) is 1. The number of aromatic nitrogens is 1. The molecule has 0 radical (unpaired) electrons. The van der Waals surface area contributed by atoms with E-state index in [1.807, 2.05) is 6.20 Å². The van der Waals surface area contributed by atoms with Crippen LogP contribution in [0.1, 0.15) is 32.7 Å². The van der Waals surface area contributed by atoms with Gasteiger partial charge >= 0.3 is 5.97 Å². The van der Waals surface area contributed by atoms with E-state index in [1.54, 1.807) is 0 Å². The molecule has 2 aromatic rings. The first-order valence-electron chi connectivity index (χ1n) is 7.71. The Balaban J connectivity index is 1.65. The van der Waals surface area contributed by atoms with Gasteiger partial charge in [-0.3, -0.25) is 0 Å². The molecule has 0 unspecified atom stereocenters. The molecule has 0 atom stereocenters. The van der Waals surface area contributed by atoms with E-state index in [0.717, 1.165) is 31.5 Å². The molecule has 3 heterocycles. The Morgan fingerprint density at radius 3 is 2.82 bits per heavy atom. The zero-order chi connectivity index (χ0) is 15.1.